The van der Waals surface area contributed by atoms with Crippen LogP contribution >= 0.6 is 11.3 Å². The molecule has 4 heteroatoms. The number of aromatic nitrogens is 1. The van der Waals surface area contributed by atoms with Gasteiger partial charge in [0.1, 0.15) is 5.01 Å². The van der Waals surface area contributed by atoms with Crippen LogP contribution in [0.15, 0.2) is 35.7 Å². The van der Waals surface area contributed by atoms with Crippen LogP contribution in [0.25, 0.3) is 0 Å². The van der Waals surface area contributed by atoms with Gasteiger partial charge in [0.15, 0.2) is 0 Å². The lowest BCUT2D eigenvalue weighted by atomic mass is 10.1. The Morgan fingerprint density at radius 2 is 2.05 bits per heavy atom. The van der Waals surface area contributed by atoms with Crippen molar-refractivity contribution in [3.05, 3.63) is 52.0 Å². The van der Waals surface area contributed by atoms with Gasteiger partial charge in [0.25, 0.3) is 0 Å². The summed E-state index contributed by atoms with van der Waals surface area (Å²) in [5.41, 5.74) is 2.56. The van der Waals surface area contributed by atoms with Gasteiger partial charge in [0, 0.05) is 25.0 Å². The molecule has 2 rings (SSSR count). The van der Waals surface area contributed by atoms with E-state index in [-0.39, 0.29) is 0 Å². The minimum absolute atomic E-state index is 0.860. The molecule has 3 nitrogen and oxygen atoms in total. The fourth-order valence-electron chi connectivity index (χ4n) is 1.97. The molecule has 0 bridgehead atoms. The molecule has 0 unspecified atom stereocenters. The highest BCUT2D eigenvalue weighted by atomic mass is 32.1. The van der Waals surface area contributed by atoms with Gasteiger partial charge in [-0.2, -0.15) is 0 Å². The van der Waals surface area contributed by atoms with Crippen molar-refractivity contribution in [3.8, 4) is 0 Å². The zero-order valence-corrected chi connectivity index (χ0v) is 12.4. The molecule has 1 N–H and O–H groups in total. The number of rotatable bonds is 7. The largest absolute Gasteiger partial charge is 0.314 e. The van der Waals surface area contributed by atoms with Gasteiger partial charge in [-0.05, 0) is 26.1 Å². The molecular weight excluding hydrogens is 254 g/mol. The van der Waals surface area contributed by atoms with Crippen molar-refractivity contribution < 1.29 is 0 Å². The van der Waals surface area contributed by atoms with Crippen LogP contribution in [0, 0.1) is 0 Å². The van der Waals surface area contributed by atoms with E-state index in [1.165, 1.54) is 11.3 Å². The Labute approximate surface area is 119 Å². The van der Waals surface area contributed by atoms with Crippen LogP contribution in [-0.4, -0.2) is 30.5 Å². The predicted octanol–water partition coefficient (Wildman–Crippen LogP) is 2.54. The summed E-state index contributed by atoms with van der Waals surface area (Å²) in [5.74, 6) is 0. The molecule has 0 radical (unpaired) electrons. The summed E-state index contributed by atoms with van der Waals surface area (Å²) >= 11 is 1.73. The molecule has 0 fully saturated rings. The van der Waals surface area contributed by atoms with Crippen molar-refractivity contribution in [2.45, 2.75) is 19.5 Å². The number of hydrogen-bond acceptors (Lipinski definition) is 4. The Hall–Kier alpha value is -1.23. The Bertz CT molecular complexity index is 481. The lowest BCUT2D eigenvalue weighted by Crippen LogP contribution is -2.21. The molecule has 0 saturated heterocycles. The van der Waals surface area contributed by atoms with Crippen LogP contribution in [-0.2, 0) is 19.5 Å². The average Bonchev–Trinajstić information content (AvgIpc) is 2.85. The molecule has 1 aromatic carbocycles. The highest BCUT2D eigenvalue weighted by Crippen LogP contribution is 2.11. The summed E-state index contributed by atoms with van der Waals surface area (Å²) in [5, 5.41) is 6.45. The number of nitrogens with zero attached hydrogens (tertiary/aromatic N) is 2. The van der Waals surface area contributed by atoms with Gasteiger partial charge < -0.3 is 10.2 Å². The number of nitrogens with one attached hydrogen (secondary N) is 1. The molecule has 1 aromatic heterocycles. The van der Waals surface area contributed by atoms with Crippen LogP contribution in [0.4, 0.5) is 0 Å². The van der Waals surface area contributed by atoms with Crippen LogP contribution in [0.1, 0.15) is 16.3 Å². The lowest BCUT2D eigenvalue weighted by molar-refractivity contribution is 0.327. The van der Waals surface area contributed by atoms with Crippen LogP contribution < -0.4 is 5.32 Å². The smallest absolute Gasteiger partial charge is 0.107 e. The monoisotopic (exact) mass is 275 g/mol. The van der Waals surface area contributed by atoms with Crippen LogP contribution in [0.5, 0.6) is 0 Å². The van der Waals surface area contributed by atoms with Gasteiger partial charge in [-0.3, -0.25) is 0 Å². The molecule has 102 valence electrons. The zero-order valence-electron chi connectivity index (χ0n) is 11.6. The standard InChI is InChI=1S/C15H21N3S/c1-16-10-15-17-14(12-19-15)11-18(2)9-8-13-6-4-3-5-7-13/h3-7,12,16H,8-11H2,1-2H3. The molecule has 0 saturated carbocycles. The summed E-state index contributed by atoms with van der Waals surface area (Å²) in [6, 6.07) is 10.6. The second-order valence-corrected chi connectivity index (χ2v) is 5.68. The van der Waals surface area contributed by atoms with E-state index in [9.17, 15) is 0 Å². The average molecular weight is 275 g/mol. The second kappa shape index (κ2) is 7.38. The molecule has 0 aliphatic heterocycles. The minimum atomic E-state index is 0.860. The van der Waals surface area contributed by atoms with E-state index in [1.54, 1.807) is 11.3 Å². The molecule has 0 aliphatic carbocycles. The van der Waals surface area contributed by atoms with Gasteiger partial charge >= 0.3 is 0 Å². The number of thiazole rings is 1. The predicted molar refractivity (Wildman–Crippen MR) is 81.4 cm³/mol. The molecule has 19 heavy (non-hydrogen) atoms. The van der Waals surface area contributed by atoms with Crippen molar-refractivity contribution in [1.82, 2.24) is 15.2 Å². The van der Waals surface area contributed by atoms with Gasteiger partial charge in [-0.25, -0.2) is 4.98 Å². The maximum Gasteiger partial charge on any atom is 0.107 e. The summed E-state index contributed by atoms with van der Waals surface area (Å²) < 4.78 is 0. The fraction of sp³-hybridized carbons (Fsp3) is 0.400. The van der Waals surface area contributed by atoms with E-state index in [2.05, 4.69) is 58.0 Å². The molecule has 0 spiro atoms. The van der Waals surface area contributed by atoms with E-state index in [4.69, 9.17) is 0 Å². The summed E-state index contributed by atoms with van der Waals surface area (Å²) in [6.07, 6.45) is 1.09. The summed E-state index contributed by atoms with van der Waals surface area (Å²) in [4.78, 5) is 6.93. The maximum atomic E-state index is 4.61. The number of hydrogen-bond donors (Lipinski definition) is 1. The molecule has 2 aromatic rings. The van der Waals surface area contributed by atoms with Gasteiger partial charge in [0.05, 0.1) is 5.69 Å². The van der Waals surface area contributed by atoms with Crippen molar-refractivity contribution in [2.24, 2.45) is 0 Å². The fourth-order valence-corrected chi connectivity index (χ4v) is 2.77. The van der Waals surface area contributed by atoms with E-state index in [0.717, 1.165) is 31.1 Å². The Kier molecular flexibility index (Phi) is 5.51. The Morgan fingerprint density at radius 3 is 2.79 bits per heavy atom. The first-order valence-corrected chi connectivity index (χ1v) is 7.46. The second-order valence-electron chi connectivity index (χ2n) is 4.74. The highest BCUT2D eigenvalue weighted by Gasteiger charge is 2.05. The van der Waals surface area contributed by atoms with Crippen molar-refractivity contribution in [3.63, 3.8) is 0 Å². The molecule has 0 aliphatic rings. The minimum Gasteiger partial charge on any atom is -0.314 e. The topological polar surface area (TPSA) is 28.2 Å². The number of benzene rings is 1. The third-order valence-electron chi connectivity index (χ3n) is 2.98. The normalized spacial score (nSPS) is 11.1. The first-order valence-electron chi connectivity index (χ1n) is 6.58. The third-order valence-corrected chi connectivity index (χ3v) is 3.88. The maximum absolute atomic E-state index is 4.61. The highest BCUT2D eigenvalue weighted by molar-refractivity contribution is 7.09. The van der Waals surface area contributed by atoms with Crippen LogP contribution in [0.2, 0.25) is 0 Å². The van der Waals surface area contributed by atoms with E-state index in [1.807, 2.05) is 7.05 Å². The quantitative estimate of drug-likeness (QED) is 0.841. The van der Waals surface area contributed by atoms with Crippen molar-refractivity contribution in [1.29, 1.82) is 0 Å². The van der Waals surface area contributed by atoms with E-state index < -0.39 is 0 Å². The van der Waals surface area contributed by atoms with Crippen molar-refractivity contribution in [2.75, 3.05) is 20.6 Å². The van der Waals surface area contributed by atoms with E-state index in [0.29, 0.717) is 0 Å². The zero-order chi connectivity index (χ0) is 13.5. The first-order chi connectivity index (χ1) is 9.28. The molecule has 1 heterocycles. The van der Waals surface area contributed by atoms with Crippen molar-refractivity contribution >= 4 is 11.3 Å². The van der Waals surface area contributed by atoms with Gasteiger partial charge in [0.2, 0.25) is 0 Å². The van der Waals surface area contributed by atoms with Gasteiger partial charge in [-0.15, -0.1) is 11.3 Å². The Morgan fingerprint density at radius 1 is 1.26 bits per heavy atom. The SMILES string of the molecule is CNCc1nc(CN(C)CCc2ccccc2)cs1. The molecular formula is C15H21N3S. The lowest BCUT2D eigenvalue weighted by Gasteiger charge is -2.15. The summed E-state index contributed by atoms with van der Waals surface area (Å²) in [6.45, 7) is 2.84. The van der Waals surface area contributed by atoms with E-state index >= 15 is 0 Å². The van der Waals surface area contributed by atoms with Gasteiger partial charge in [-0.1, -0.05) is 30.3 Å². The first kappa shape index (κ1) is 14.2. The summed E-state index contributed by atoms with van der Waals surface area (Å²) in [7, 11) is 4.10. The molecule has 0 amide bonds. The van der Waals surface area contributed by atoms with Crippen LogP contribution in [0.3, 0.4) is 0 Å². The third kappa shape index (κ3) is 4.74. The number of likely N-dealkylation sites (N-methyl/N-ethyl adjacent to an activating group) is 1. The Balaban J connectivity index is 1.78. The molecule has 0 atom stereocenters.